The molecule has 76 valence electrons. The molecule has 0 heterocycles. The van der Waals surface area contributed by atoms with Gasteiger partial charge in [0.25, 0.3) is 0 Å². The minimum absolute atomic E-state index is 0.00463. The Morgan fingerprint density at radius 1 is 1.43 bits per heavy atom. The van der Waals surface area contributed by atoms with E-state index in [4.69, 9.17) is 9.84 Å². The van der Waals surface area contributed by atoms with Crippen LogP contribution in [0.15, 0.2) is 6.07 Å². The van der Waals surface area contributed by atoms with E-state index in [0.717, 1.165) is 0 Å². The molecular weight excluding hydrogens is 184 g/mol. The lowest BCUT2D eigenvalue weighted by molar-refractivity contribution is 0.0695. The van der Waals surface area contributed by atoms with Crippen LogP contribution in [0.25, 0.3) is 0 Å². The van der Waals surface area contributed by atoms with Crippen molar-refractivity contribution in [1.29, 1.82) is 0 Å². The van der Waals surface area contributed by atoms with Crippen molar-refractivity contribution >= 4 is 5.97 Å². The maximum absolute atomic E-state index is 10.8. The van der Waals surface area contributed by atoms with Gasteiger partial charge in [0.1, 0.15) is 0 Å². The predicted octanol–water partition coefficient (Wildman–Crippen LogP) is 1.72. The number of aromatic hydroxyl groups is 1. The van der Waals surface area contributed by atoms with Crippen molar-refractivity contribution in [1.82, 2.24) is 0 Å². The molecule has 0 aliphatic heterocycles. The first kappa shape index (κ1) is 10.4. The Hall–Kier alpha value is -1.71. The molecule has 2 N–H and O–H groups in total. The molecule has 0 aliphatic carbocycles. The number of aryl methyl sites for hydroxylation is 1. The summed E-state index contributed by atoms with van der Waals surface area (Å²) in [7, 11) is 1.40. The number of methoxy groups -OCH3 is 1. The number of phenolic OH excluding ortho intramolecular Hbond substituents is 1. The Kier molecular flexibility index (Phi) is 2.65. The lowest BCUT2D eigenvalue weighted by Crippen LogP contribution is -2.02. The standard InChI is InChI=1S/C10H12O4/c1-5-4-7(10(12)13)6(2)9(14-3)8(5)11/h4,11H,1-3H3,(H,12,13). The molecule has 1 rings (SSSR count). The Balaban J connectivity index is 3.50. The molecule has 4 heteroatoms. The first-order valence-corrected chi connectivity index (χ1v) is 4.09. The van der Waals surface area contributed by atoms with Crippen LogP contribution in [-0.4, -0.2) is 23.3 Å². The quantitative estimate of drug-likeness (QED) is 0.755. The highest BCUT2D eigenvalue weighted by Gasteiger charge is 2.16. The van der Waals surface area contributed by atoms with Gasteiger partial charge < -0.3 is 14.9 Å². The van der Waals surface area contributed by atoms with E-state index >= 15 is 0 Å². The summed E-state index contributed by atoms with van der Waals surface area (Å²) in [6, 6.07) is 1.43. The third-order valence-electron chi connectivity index (χ3n) is 2.13. The summed E-state index contributed by atoms with van der Waals surface area (Å²) in [5.41, 5.74) is 1.07. The summed E-state index contributed by atoms with van der Waals surface area (Å²) in [4.78, 5) is 10.8. The van der Waals surface area contributed by atoms with Gasteiger partial charge in [-0.25, -0.2) is 4.79 Å². The van der Waals surface area contributed by atoms with Gasteiger partial charge in [0.2, 0.25) is 0 Å². The fourth-order valence-electron chi connectivity index (χ4n) is 1.34. The van der Waals surface area contributed by atoms with Gasteiger partial charge in [-0.1, -0.05) is 0 Å². The van der Waals surface area contributed by atoms with Crippen LogP contribution in [0.2, 0.25) is 0 Å². The summed E-state index contributed by atoms with van der Waals surface area (Å²) in [6.45, 7) is 3.23. The highest BCUT2D eigenvalue weighted by Crippen LogP contribution is 2.35. The topological polar surface area (TPSA) is 66.8 Å². The lowest BCUT2D eigenvalue weighted by atomic mass is 10.0. The smallest absolute Gasteiger partial charge is 0.336 e. The molecule has 0 radical (unpaired) electrons. The number of aromatic carboxylic acids is 1. The minimum Gasteiger partial charge on any atom is -0.504 e. The van der Waals surface area contributed by atoms with Gasteiger partial charge in [-0.15, -0.1) is 0 Å². The third kappa shape index (κ3) is 1.51. The normalized spacial score (nSPS) is 9.93. The van der Waals surface area contributed by atoms with Gasteiger partial charge in [-0.05, 0) is 25.5 Å². The van der Waals surface area contributed by atoms with E-state index < -0.39 is 5.97 Å². The molecule has 0 saturated heterocycles. The Labute approximate surface area is 81.8 Å². The number of ether oxygens (including phenoxy) is 1. The number of carboxylic acids is 1. The first-order chi connectivity index (χ1) is 6.49. The third-order valence-corrected chi connectivity index (χ3v) is 2.13. The number of phenols is 1. The minimum atomic E-state index is -1.02. The molecule has 0 unspecified atom stereocenters. The Morgan fingerprint density at radius 2 is 2.00 bits per heavy atom. The van der Waals surface area contributed by atoms with E-state index in [-0.39, 0.29) is 17.1 Å². The van der Waals surface area contributed by atoms with E-state index in [0.29, 0.717) is 11.1 Å². The highest BCUT2D eigenvalue weighted by molar-refractivity contribution is 5.91. The molecule has 0 aromatic heterocycles. The van der Waals surface area contributed by atoms with E-state index in [1.165, 1.54) is 13.2 Å². The average molecular weight is 196 g/mol. The molecule has 1 aromatic carbocycles. The van der Waals surface area contributed by atoms with Crippen LogP contribution in [0.3, 0.4) is 0 Å². The summed E-state index contributed by atoms with van der Waals surface area (Å²) >= 11 is 0. The maximum Gasteiger partial charge on any atom is 0.336 e. The van der Waals surface area contributed by atoms with Gasteiger partial charge in [0, 0.05) is 5.56 Å². The van der Waals surface area contributed by atoms with Crippen molar-refractivity contribution in [3.05, 3.63) is 22.8 Å². The number of carbonyl (C=O) groups is 1. The fourth-order valence-corrected chi connectivity index (χ4v) is 1.34. The van der Waals surface area contributed by atoms with Crippen LogP contribution >= 0.6 is 0 Å². The molecule has 0 amide bonds. The molecule has 0 spiro atoms. The summed E-state index contributed by atoms with van der Waals surface area (Å²) in [5, 5.41) is 18.4. The largest absolute Gasteiger partial charge is 0.504 e. The monoisotopic (exact) mass is 196 g/mol. The molecule has 0 atom stereocenters. The number of hydrogen-bond donors (Lipinski definition) is 2. The Morgan fingerprint density at radius 3 is 2.43 bits per heavy atom. The van der Waals surface area contributed by atoms with Crippen LogP contribution in [0.5, 0.6) is 11.5 Å². The highest BCUT2D eigenvalue weighted by atomic mass is 16.5. The summed E-state index contributed by atoms with van der Waals surface area (Å²) in [5.74, 6) is -0.804. The second kappa shape index (κ2) is 3.57. The first-order valence-electron chi connectivity index (χ1n) is 4.09. The van der Waals surface area contributed by atoms with Gasteiger partial charge >= 0.3 is 5.97 Å². The van der Waals surface area contributed by atoms with Crippen molar-refractivity contribution in [2.75, 3.05) is 7.11 Å². The van der Waals surface area contributed by atoms with Crippen LogP contribution < -0.4 is 4.74 Å². The van der Waals surface area contributed by atoms with E-state index in [1.807, 2.05) is 0 Å². The van der Waals surface area contributed by atoms with Crippen LogP contribution in [-0.2, 0) is 0 Å². The van der Waals surface area contributed by atoms with E-state index in [1.54, 1.807) is 13.8 Å². The van der Waals surface area contributed by atoms with Gasteiger partial charge in [0.05, 0.1) is 12.7 Å². The summed E-state index contributed by atoms with van der Waals surface area (Å²) < 4.78 is 4.93. The zero-order chi connectivity index (χ0) is 10.9. The number of benzene rings is 1. The zero-order valence-corrected chi connectivity index (χ0v) is 8.29. The second-order valence-corrected chi connectivity index (χ2v) is 3.05. The van der Waals surface area contributed by atoms with E-state index in [9.17, 15) is 9.90 Å². The van der Waals surface area contributed by atoms with Crippen LogP contribution in [0.4, 0.5) is 0 Å². The molecular formula is C10H12O4. The zero-order valence-electron chi connectivity index (χ0n) is 8.29. The fraction of sp³-hybridized carbons (Fsp3) is 0.300. The molecule has 14 heavy (non-hydrogen) atoms. The van der Waals surface area contributed by atoms with Crippen molar-refractivity contribution in [3.63, 3.8) is 0 Å². The van der Waals surface area contributed by atoms with Crippen molar-refractivity contribution in [2.24, 2.45) is 0 Å². The van der Waals surface area contributed by atoms with Gasteiger partial charge in [-0.2, -0.15) is 0 Å². The van der Waals surface area contributed by atoms with Gasteiger partial charge in [0.15, 0.2) is 11.5 Å². The van der Waals surface area contributed by atoms with Crippen LogP contribution in [0.1, 0.15) is 21.5 Å². The number of hydrogen-bond acceptors (Lipinski definition) is 3. The molecule has 0 aliphatic rings. The lowest BCUT2D eigenvalue weighted by Gasteiger charge is -2.11. The number of rotatable bonds is 2. The van der Waals surface area contributed by atoms with Crippen molar-refractivity contribution in [3.8, 4) is 11.5 Å². The predicted molar refractivity (Wildman–Crippen MR) is 51.1 cm³/mol. The van der Waals surface area contributed by atoms with Crippen LogP contribution in [0, 0.1) is 13.8 Å². The van der Waals surface area contributed by atoms with Gasteiger partial charge in [-0.3, -0.25) is 0 Å². The molecule has 0 saturated carbocycles. The molecule has 1 aromatic rings. The van der Waals surface area contributed by atoms with Crippen molar-refractivity contribution in [2.45, 2.75) is 13.8 Å². The second-order valence-electron chi connectivity index (χ2n) is 3.05. The maximum atomic E-state index is 10.8. The molecule has 4 nitrogen and oxygen atoms in total. The molecule has 0 fully saturated rings. The van der Waals surface area contributed by atoms with Crippen molar-refractivity contribution < 1.29 is 19.7 Å². The number of carboxylic acid groups (broad SMARTS) is 1. The SMILES string of the molecule is COc1c(C)c(C(=O)O)cc(C)c1O. The molecule has 0 bridgehead atoms. The average Bonchev–Trinajstić information content (AvgIpc) is 2.12. The Bertz CT molecular complexity index is 382. The van der Waals surface area contributed by atoms with E-state index in [2.05, 4.69) is 0 Å². The summed E-state index contributed by atoms with van der Waals surface area (Å²) in [6.07, 6.45) is 0.